The summed E-state index contributed by atoms with van der Waals surface area (Å²) in [6, 6.07) is 9.29. The molecule has 0 aliphatic rings. The maximum absolute atomic E-state index is 12.9. The predicted octanol–water partition coefficient (Wildman–Crippen LogP) is 4.16. The monoisotopic (exact) mass is 251 g/mol. The Kier molecular flexibility index (Phi) is 3.20. The molecule has 0 aliphatic carbocycles. The molecule has 17 heavy (non-hydrogen) atoms. The van der Waals surface area contributed by atoms with Crippen LogP contribution < -0.4 is 10.5 Å². The SMILES string of the molecule is Cc1cc(N)ccc1Oc1ccc(F)cc1Cl. The molecule has 0 unspecified atom stereocenters. The lowest BCUT2D eigenvalue weighted by molar-refractivity contribution is 0.477. The van der Waals surface area contributed by atoms with E-state index in [1.54, 1.807) is 18.2 Å². The van der Waals surface area contributed by atoms with Crippen LogP contribution in [0.4, 0.5) is 10.1 Å². The van der Waals surface area contributed by atoms with Crippen LogP contribution in [0.3, 0.4) is 0 Å². The molecule has 0 aliphatic heterocycles. The molecular weight excluding hydrogens is 241 g/mol. The molecule has 0 amide bonds. The van der Waals surface area contributed by atoms with E-state index in [1.807, 2.05) is 6.92 Å². The molecule has 0 atom stereocenters. The van der Waals surface area contributed by atoms with E-state index in [4.69, 9.17) is 22.1 Å². The lowest BCUT2D eigenvalue weighted by Crippen LogP contribution is -1.91. The third kappa shape index (κ3) is 2.68. The Labute approximate surface area is 104 Å². The average molecular weight is 252 g/mol. The second kappa shape index (κ2) is 4.63. The van der Waals surface area contributed by atoms with Gasteiger partial charge in [0.15, 0.2) is 0 Å². The highest BCUT2D eigenvalue weighted by Crippen LogP contribution is 2.32. The molecule has 0 fully saturated rings. The standard InChI is InChI=1S/C13H11ClFNO/c1-8-6-10(16)3-5-12(8)17-13-4-2-9(15)7-11(13)14/h2-7H,16H2,1H3. The van der Waals surface area contributed by atoms with Crippen LogP contribution in [0.5, 0.6) is 11.5 Å². The molecule has 2 nitrogen and oxygen atoms in total. The van der Waals surface area contributed by atoms with Crippen molar-refractivity contribution in [2.24, 2.45) is 0 Å². The normalized spacial score (nSPS) is 10.3. The van der Waals surface area contributed by atoms with Crippen molar-refractivity contribution < 1.29 is 9.13 Å². The maximum Gasteiger partial charge on any atom is 0.146 e. The maximum atomic E-state index is 12.9. The van der Waals surface area contributed by atoms with Crippen LogP contribution in [0, 0.1) is 12.7 Å². The Hall–Kier alpha value is -1.74. The van der Waals surface area contributed by atoms with E-state index in [-0.39, 0.29) is 5.02 Å². The number of ether oxygens (including phenoxy) is 1. The molecule has 2 aromatic rings. The van der Waals surface area contributed by atoms with Gasteiger partial charge in [-0.15, -0.1) is 0 Å². The minimum absolute atomic E-state index is 0.237. The third-order valence-electron chi connectivity index (χ3n) is 2.31. The Morgan fingerprint density at radius 2 is 1.82 bits per heavy atom. The molecule has 0 aromatic heterocycles. The summed E-state index contributed by atoms with van der Waals surface area (Å²) in [4.78, 5) is 0. The van der Waals surface area contributed by atoms with E-state index < -0.39 is 5.82 Å². The van der Waals surface area contributed by atoms with Crippen LogP contribution in [0.1, 0.15) is 5.56 Å². The first-order valence-corrected chi connectivity index (χ1v) is 5.43. The number of hydrogen-bond acceptors (Lipinski definition) is 2. The first-order valence-electron chi connectivity index (χ1n) is 5.05. The van der Waals surface area contributed by atoms with Gasteiger partial charge < -0.3 is 10.5 Å². The van der Waals surface area contributed by atoms with Crippen LogP contribution >= 0.6 is 11.6 Å². The molecule has 2 rings (SSSR count). The Morgan fingerprint density at radius 3 is 2.47 bits per heavy atom. The van der Waals surface area contributed by atoms with Gasteiger partial charge in [-0.3, -0.25) is 0 Å². The fourth-order valence-corrected chi connectivity index (χ4v) is 1.67. The number of anilines is 1. The zero-order chi connectivity index (χ0) is 12.4. The first kappa shape index (κ1) is 11.7. The van der Waals surface area contributed by atoms with E-state index in [1.165, 1.54) is 18.2 Å². The minimum Gasteiger partial charge on any atom is -0.456 e. The van der Waals surface area contributed by atoms with Crippen LogP contribution in [0.15, 0.2) is 36.4 Å². The quantitative estimate of drug-likeness (QED) is 0.814. The molecule has 0 saturated heterocycles. The third-order valence-corrected chi connectivity index (χ3v) is 2.61. The molecule has 0 bridgehead atoms. The van der Waals surface area contributed by atoms with Gasteiger partial charge in [0.25, 0.3) is 0 Å². The summed E-state index contributed by atoms with van der Waals surface area (Å²) in [5.41, 5.74) is 7.20. The van der Waals surface area contributed by atoms with Gasteiger partial charge in [0.05, 0.1) is 5.02 Å². The average Bonchev–Trinajstić information content (AvgIpc) is 2.25. The van der Waals surface area contributed by atoms with Crippen LogP contribution in [0.25, 0.3) is 0 Å². The summed E-state index contributed by atoms with van der Waals surface area (Å²) >= 11 is 5.87. The summed E-state index contributed by atoms with van der Waals surface area (Å²) in [6.45, 7) is 1.88. The molecule has 0 heterocycles. The number of halogens is 2. The van der Waals surface area contributed by atoms with Gasteiger partial charge in [0, 0.05) is 5.69 Å². The van der Waals surface area contributed by atoms with Gasteiger partial charge in [-0.1, -0.05) is 11.6 Å². The van der Waals surface area contributed by atoms with Crippen molar-refractivity contribution >= 4 is 17.3 Å². The smallest absolute Gasteiger partial charge is 0.146 e. The first-order chi connectivity index (χ1) is 8.06. The van der Waals surface area contributed by atoms with Crippen molar-refractivity contribution in [3.05, 3.63) is 52.8 Å². The fraction of sp³-hybridized carbons (Fsp3) is 0.0769. The van der Waals surface area contributed by atoms with Gasteiger partial charge in [0.2, 0.25) is 0 Å². The highest BCUT2D eigenvalue weighted by Gasteiger charge is 2.06. The molecule has 0 spiro atoms. The summed E-state index contributed by atoms with van der Waals surface area (Å²) in [6.07, 6.45) is 0. The van der Waals surface area contributed by atoms with Gasteiger partial charge in [-0.25, -0.2) is 4.39 Å². The predicted molar refractivity (Wildman–Crippen MR) is 67.1 cm³/mol. The topological polar surface area (TPSA) is 35.2 Å². The highest BCUT2D eigenvalue weighted by molar-refractivity contribution is 6.32. The Morgan fingerprint density at radius 1 is 1.12 bits per heavy atom. The molecule has 88 valence electrons. The zero-order valence-corrected chi connectivity index (χ0v) is 9.96. The lowest BCUT2D eigenvalue weighted by atomic mass is 10.2. The molecule has 0 saturated carbocycles. The van der Waals surface area contributed by atoms with Gasteiger partial charge in [0.1, 0.15) is 17.3 Å². The van der Waals surface area contributed by atoms with E-state index >= 15 is 0 Å². The van der Waals surface area contributed by atoms with Gasteiger partial charge in [-0.05, 0) is 48.9 Å². The molecule has 2 aromatic carbocycles. The van der Waals surface area contributed by atoms with Gasteiger partial charge >= 0.3 is 0 Å². The molecule has 0 radical (unpaired) electrons. The second-order valence-electron chi connectivity index (χ2n) is 3.70. The van der Waals surface area contributed by atoms with Crippen molar-refractivity contribution in [3.63, 3.8) is 0 Å². The van der Waals surface area contributed by atoms with Crippen molar-refractivity contribution in [2.75, 3.05) is 5.73 Å². The van der Waals surface area contributed by atoms with Crippen LogP contribution in [-0.2, 0) is 0 Å². The fourth-order valence-electron chi connectivity index (χ4n) is 1.46. The van der Waals surface area contributed by atoms with Crippen LogP contribution in [-0.4, -0.2) is 0 Å². The van der Waals surface area contributed by atoms with E-state index in [9.17, 15) is 4.39 Å². The largest absolute Gasteiger partial charge is 0.456 e. The van der Waals surface area contributed by atoms with Crippen molar-refractivity contribution in [3.8, 4) is 11.5 Å². The lowest BCUT2D eigenvalue weighted by Gasteiger charge is -2.10. The number of benzene rings is 2. The highest BCUT2D eigenvalue weighted by atomic mass is 35.5. The number of hydrogen-bond donors (Lipinski definition) is 1. The summed E-state index contributed by atoms with van der Waals surface area (Å²) in [7, 11) is 0. The Bertz CT molecular complexity index is 508. The van der Waals surface area contributed by atoms with Gasteiger partial charge in [-0.2, -0.15) is 0 Å². The van der Waals surface area contributed by atoms with Crippen molar-refractivity contribution in [1.82, 2.24) is 0 Å². The number of rotatable bonds is 2. The minimum atomic E-state index is -0.392. The second-order valence-corrected chi connectivity index (χ2v) is 4.11. The van der Waals surface area contributed by atoms with Crippen LogP contribution in [0.2, 0.25) is 5.02 Å². The molecule has 4 heteroatoms. The number of aryl methyl sites for hydroxylation is 1. The summed E-state index contributed by atoms with van der Waals surface area (Å²) < 4.78 is 18.5. The zero-order valence-electron chi connectivity index (χ0n) is 9.21. The molecule has 2 N–H and O–H groups in total. The van der Waals surface area contributed by atoms with E-state index in [0.717, 1.165) is 5.56 Å². The Balaban J connectivity index is 2.31. The van der Waals surface area contributed by atoms with E-state index in [0.29, 0.717) is 17.2 Å². The number of nitrogen functional groups attached to an aromatic ring is 1. The van der Waals surface area contributed by atoms with Crippen molar-refractivity contribution in [1.29, 1.82) is 0 Å². The van der Waals surface area contributed by atoms with Crippen molar-refractivity contribution in [2.45, 2.75) is 6.92 Å². The van der Waals surface area contributed by atoms with E-state index in [2.05, 4.69) is 0 Å². The number of nitrogens with two attached hydrogens (primary N) is 1. The summed E-state index contributed by atoms with van der Waals surface area (Å²) in [5.74, 6) is 0.671. The molecular formula is C13H11ClFNO. The summed E-state index contributed by atoms with van der Waals surface area (Å²) in [5, 5.41) is 0.237.